The van der Waals surface area contributed by atoms with Crippen molar-refractivity contribution in [1.82, 2.24) is 19.6 Å². The minimum absolute atomic E-state index is 0.110. The van der Waals surface area contributed by atoms with Crippen LogP contribution < -0.4 is 5.32 Å². The third-order valence-corrected chi connectivity index (χ3v) is 4.69. The van der Waals surface area contributed by atoms with Gasteiger partial charge in [0.15, 0.2) is 5.69 Å². The zero-order valence-electron chi connectivity index (χ0n) is 16.5. The Balaban J connectivity index is 1.82. The van der Waals surface area contributed by atoms with E-state index >= 15 is 0 Å². The zero-order valence-corrected chi connectivity index (χ0v) is 16.5. The van der Waals surface area contributed by atoms with E-state index in [2.05, 4.69) is 41.2 Å². The smallest absolute Gasteiger partial charge is 0.272 e. The van der Waals surface area contributed by atoms with E-state index in [1.165, 1.54) is 5.56 Å². The zero-order chi connectivity index (χ0) is 19.4. The molecule has 142 valence electrons. The summed E-state index contributed by atoms with van der Waals surface area (Å²) in [4.78, 5) is 19.7. The van der Waals surface area contributed by atoms with Crippen LogP contribution in [0.15, 0.2) is 54.7 Å². The standard InChI is InChI=1S/C22H28N4O/c1-16(2)14-20-24-21(18-12-8-9-13-26(18)20)22(27)23-15-19(25(3)4)17-10-6-5-7-11-17/h5-13,16,19H,14-15H2,1-4H3,(H,23,27). The maximum absolute atomic E-state index is 12.9. The SMILES string of the molecule is CC(C)Cc1nc(C(=O)NCC(c2ccccc2)N(C)C)c2ccccn12. The molecule has 0 spiro atoms. The molecule has 5 nitrogen and oxygen atoms in total. The number of carbonyl (C=O) groups excluding carboxylic acids is 1. The predicted octanol–water partition coefficient (Wildman–Crippen LogP) is 3.57. The lowest BCUT2D eigenvalue weighted by Crippen LogP contribution is -2.34. The second kappa shape index (κ2) is 8.35. The number of hydrogen-bond donors (Lipinski definition) is 1. The molecular weight excluding hydrogens is 336 g/mol. The number of nitrogens with zero attached hydrogens (tertiary/aromatic N) is 3. The molecule has 5 heteroatoms. The molecule has 1 unspecified atom stereocenters. The van der Waals surface area contributed by atoms with Gasteiger partial charge in [0.2, 0.25) is 0 Å². The molecule has 27 heavy (non-hydrogen) atoms. The van der Waals surface area contributed by atoms with Crippen LogP contribution in [0.2, 0.25) is 0 Å². The van der Waals surface area contributed by atoms with Crippen molar-refractivity contribution < 1.29 is 4.79 Å². The summed E-state index contributed by atoms with van der Waals surface area (Å²) in [6, 6.07) is 16.2. The highest BCUT2D eigenvalue weighted by Gasteiger charge is 2.20. The number of amides is 1. The van der Waals surface area contributed by atoms with Gasteiger partial charge in [0.25, 0.3) is 5.91 Å². The number of pyridine rings is 1. The van der Waals surface area contributed by atoms with Gasteiger partial charge in [-0.15, -0.1) is 0 Å². The van der Waals surface area contributed by atoms with Gasteiger partial charge < -0.3 is 14.6 Å². The normalized spacial score (nSPS) is 12.7. The summed E-state index contributed by atoms with van der Waals surface area (Å²) in [5.74, 6) is 1.28. The van der Waals surface area contributed by atoms with E-state index in [0.717, 1.165) is 17.8 Å². The van der Waals surface area contributed by atoms with Gasteiger partial charge in [-0.05, 0) is 37.7 Å². The molecule has 2 aromatic heterocycles. The number of imidazole rings is 1. The Hall–Kier alpha value is -2.66. The molecule has 3 aromatic rings. The lowest BCUT2D eigenvalue weighted by Gasteiger charge is -2.25. The predicted molar refractivity (Wildman–Crippen MR) is 109 cm³/mol. The molecule has 2 heterocycles. The van der Waals surface area contributed by atoms with Crippen molar-refractivity contribution in [3.05, 3.63) is 71.8 Å². The molecule has 1 N–H and O–H groups in total. The van der Waals surface area contributed by atoms with Crippen LogP contribution in [-0.4, -0.2) is 40.8 Å². The van der Waals surface area contributed by atoms with Crippen LogP contribution in [0.5, 0.6) is 0 Å². The van der Waals surface area contributed by atoms with Crippen molar-refractivity contribution in [2.75, 3.05) is 20.6 Å². The van der Waals surface area contributed by atoms with Gasteiger partial charge in [-0.2, -0.15) is 0 Å². The van der Waals surface area contributed by atoms with Crippen molar-refractivity contribution in [1.29, 1.82) is 0 Å². The van der Waals surface area contributed by atoms with E-state index in [4.69, 9.17) is 0 Å². The molecule has 0 bridgehead atoms. The Bertz CT molecular complexity index is 899. The van der Waals surface area contributed by atoms with Crippen LogP contribution in [0.4, 0.5) is 0 Å². The van der Waals surface area contributed by atoms with E-state index in [1.54, 1.807) is 0 Å². The number of likely N-dealkylation sites (N-methyl/N-ethyl adjacent to an activating group) is 1. The highest BCUT2D eigenvalue weighted by molar-refractivity contribution is 5.99. The number of hydrogen-bond acceptors (Lipinski definition) is 3. The number of aromatic nitrogens is 2. The minimum atomic E-state index is -0.128. The average Bonchev–Trinajstić information content (AvgIpc) is 3.00. The molecule has 0 saturated heterocycles. The molecule has 0 fully saturated rings. The first-order valence-electron chi connectivity index (χ1n) is 9.43. The summed E-state index contributed by atoms with van der Waals surface area (Å²) in [5.41, 5.74) is 2.53. The van der Waals surface area contributed by atoms with E-state index in [9.17, 15) is 4.79 Å². The minimum Gasteiger partial charge on any atom is -0.349 e. The second-order valence-corrected chi connectivity index (χ2v) is 7.53. The van der Waals surface area contributed by atoms with Crippen molar-refractivity contribution in [3.8, 4) is 0 Å². The van der Waals surface area contributed by atoms with Crippen LogP contribution in [0.1, 0.15) is 41.8 Å². The Kier molecular flexibility index (Phi) is 5.91. The maximum Gasteiger partial charge on any atom is 0.272 e. The lowest BCUT2D eigenvalue weighted by molar-refractivity contribution is 0.0939. The summed E-state index contributed by atoms with van der Waals surface area (Å²) < 4.78 is 2.02. The number of rotatable bonds is 7. The molecule has 1 atom stereocenters. The maximum atomic E-state index is 12.9. The molecule has 1 amide bonds. The van der Waals surface area contributed by atoms with Crippen LogP contribution in [0.3, 0.4) is 0 Å². The highest BCUT2D eigenvalue weighted by Crippen LogP contribution is 2.19. The number of carbonyl (C=O) groups is 1. The topological polar surface area (TPSA) is 49.6 Å². The second-order valence-electron chi connectivity index (χ2n) is 7.53. The molecule has 0 saturated carbocycles. The van der Waals surface area contributed by atoms with Gasteiger partial charge in [0, 0.05) is 19.2 Å². The first-order valence-corrected chi connectivity index (χ1v) is 9.43. The van der Waals surface area contributed by atoms with Crippen LogP contribution in [0.25, 0.3) is 5.52 Å². The largest absolute Gasteiger partial charge is 0.349 e. The molecule has 1 aromatic carbocycles. The van der Waals surface area contributed by atoms with Crippen molar-refractivity contribution >= 4 is 11.4 Å². The Morgan fingerprint density at radius 2 is 1.81 bits per heavy atom. The monoisotopic (exact) mass is 364 g/mol. The fraction of sp³-hybridized carbons (Fsp3) is 0.364. The van der Waals surface area contributed by atoms with Crippen LogP contribution in [-0.2, 0) is 6.42 Å². The summed E-state index contributed by atoms with van der Waals surface area (Å²) in [6.45, 7) is 4.85. The summed E-state index contributed by atoms with van der Waals surface area (Å²) in [6.07, 6.45) is 2.81. The first kappa shape index (κ1) is 19.1. The van der Waals surface area contributed by atoms with Gasteiger partial charge in [-0.25, -0.2) is 4.98 Å². The van der Waals surface area contributed by atoms with Crippen molar-refractivity contribution in [2.24, 2.45) is 5.92 Å². The third-order valence-electron chi connectivity index (χ3n) is 4.69. The van der Waals surface area contributed by atoms with Gasteiger partial charge in [0.05, 0.1) is 11.6 Å². The van der Waals surface area contributed by atoms with Gasteiger partial charge in [-0.3, -0.25) is 4.79 Å². The summed E-state index contributed by atoms with van der Waals surface area (Å²) >= 11 is 0. The van der Waals surface area contributed by atoms with E-state index in [-0.39, 0.29) is 11.9 Å². The molecule has 0 aliphatic carbocycles. The van der Waals surface area contributed by atoms with E-state index in [0.29, 0.717) is 18.2 Å². The Labute approximate surface area is 161 Å². The summed E-state index contributed by atoms with van der Waals surface area (Å²) in [5, 5.41) is 3.08. The van der Waals surface area contributed by atoms with Gasteiger partial charge in [0.1, 0.15) is 5.82 Å². The van der Waals surface area contributed by atoms with Crippen molar-refractivity contribution in [2.45, 2.75) is 26.3 Å². The molecule has 0 aliphatic heterocycles. The molecule has 3 rings (SSSR count). The Morgan fingerprint density at radius 1 is 1.11 bits per heavy atom. The fourth-order valence-corrected chi connectivity index (χ4v) is 3.32. The summed E-state index contributed by atoms with van der Waals surface area (Å²) in [7, 11) is 4.05. The number of benzene rings is 1. The van der Waals surface area contributed by atoms with E-state index < -0.39 is 0 Å². The lowest BCUT2D eigenvalue weighted by atomic mass is 10.1. The van der Waals surface area contributed by atoms with Crippen LogP contribution in [0, 0.1) is 5.92 Å². The van der Waals surface area contributed by atoms with E-state index in [1.807, 2.05) is 61.1 Å². The third kappa shape index (κ3) is 4.37. The molecule has 0 radical (unpaired) electrons. The van der Waals surface area contributed by atoms with Crippen LogP contribution >= 0.6 is 0 Å². The highest BCUT2D eigenvalue weighted by atomic mass is 16.1. The molecular formula is C22H28N4O. The number of fused-ring (bicyclic) bond motifs is 1. The quantitative estimate of drug-likeness (QED) is 0.697. The Morgan fingerprint density at radius 3 is 2.48 bits per heavy atom. The van der Waals surface area contributed by atoms with Gasteiger partial charge in [-0.1, -0.05) is 50.2 Å². The first-order chi connectivity index (χ1) is 13.0. The average molecular weight is 364 g/mol. The van der Waals surface area contributed by atoms with Crippen molar-refractivity contribution in [3.63, 3.8) is 0 Å². The molecule has 0 aliphatic rings. The fourth-order valence-electron chi connectivity index (χ4n) is 3.32. The number of nitrogens with one attached hydrogen (secondary N) is 1. The van der Waals surface area contributed by atoms with Gasteiger partial charge >= 0.3 is 0 Å².